The highest BCUT2D eigenvalue weighted by Crippen LogP contribution is 2.15. The van der Waals surface area contributed by atoms with Crippen LogP contribution in [0, 0.1) is 0 Å². The van der Waals surface area contributed by atoms with Gasteiger partial charge < -0.3 is 14.8 Å². The quantitative estimate of drug-likeness (QED) is 0.862. The van der Waals surface area contributed by atoms with Gasteiger partial charge in [-0.05, 0) is 24.3 Å². The first kappa shape index (κ1) is 14.3. The first-order valence-electron chi connectivity index (χ1n) is 6.32. The van der Waals surface area contributed by atoms with Crippen molar-refractivity contribution in [3.8, 4) is 5.75 Å². The van der Waals surface area contributed by atoms with Gasteiger partial charge in [0, 0.05) is 25.7 Å². The molecule has 0 aliphatic carbocycles. The van der Waals surface area contributed by atoms with Crippen molar-refractivity contribution in [2.75, 3.05) is 31.6 Å². The molecular formula is C13H17N3O4. The molecule has 108 valence electrons. The van der Waals surface area contributed by atoms with E-state index in [1.165, 1.54) is 6.92 Å². The summed E-state index contributed by atoms with van der Waals surface area (Å²) in [6, 6.07) is 6.56. The molecule has 0 bridgehead atoms. The normalized spacial score (nSPS) is 15.4. The summed E-state index contributed by atoms with van der Waals surface area (Å²) in [7, 11) is 0. The molecule has 7 heteroatoms. The zero-order valence-corrected chi connectivity index (χ0v) is 11.2. The minimum atomic E-state index is -0.542. The molecule has 0 saturated carbocycles. The lowest BCUT2D eigenvalue weighted by Gasteiger charge is -2.26. The topological polar surface area (TPSA) is 79.9 Å². The number of amides is 2. The Morgan fingerprint density at radius 1 is 1.20 bits per heavy atom. The highest BCUT2D eigenvalue weighted by atomic mass is 16.6. The molecule has 1 aliphatic rings. The van der Waals surface area contributed by atoms with Crippen molar-refractivity contribution in [3.63, 3.8) is 0 Å². The zero-order chi connectivity index (χ0) is 14.4. The van der Waals surface area contributed by atoms with E-state index in [4.69, 9.17) is 9.47 Å². The van der Waals surface area contributed by atoms with Crippen molar-refractivity contribution >= 4 is 17.7 Å². The molecule has 0 unspecified atom stereocenters. The summed E-state index contributed by atoms with van der Waals surface area (Å²) in [5.74, 6) is 0.258. The second-order valence-electron chi connectivity index (χ2n) is 4.31. The molecule has 2 amide bonds. The smallest absolute Gasteiger partial charge is 0.409 e. The Morgan fingerprint density at radius 3 is 2.45 bits per heavy atom. The van der Waals surface area contributed by atoms with Crippen molar-refractivity contribution in [2.24, 2.45) is 0 Å². The van der Waals surface area contributed by atoms with Gasteiger partial charge in [-0.3, -0.25) is 10.2 Å². The van der Waals surface area contributed by atoms with Crippen LogP contribution in [0.2, 0.25) is 0 Å². The number of ether oxygens (including phenoxy) is 2. The van der Waals surface area contributed by atoms with Gasteiger partial charge >= 0.3 is 6.09 Å². The fourth-order valence-electron chi connectivity index (χ4n) is 1.74. The molecular weight excluding hydrogens is 262 g/mol. The second-order valence-corrected chi connectivity index (χ2v) is 4.31. The summed E-state index contributed by atoms with van der Waals surface area (Å²) < 4.78 is 10.3. The standard InChI is InChI=1S/C13H17N3O4/c1-10(17)14-11-2-4-12(5-3-11)20-13(18)15-16-6-8-19-9-7-16/h2-5H,6-9H2,1H3,(H,14,17)(H,15,18). The molecule has 2 rings (SSSR count). The Balaban J connectivity index is 1.82. The molecule has 1 saturated heterocycles. The van der Waals surface area contributed by atoms with Crippen LogP contribution in [0.3, 0.4) is 0 Å². The molecule has 1 fully saturated rings. The van der Waals surface area contributed by atoms with Gasteiger partial charge in [-0.1, -0.05) is 0 Å². The third-order valence-corrected chi connectivity index (χ3v) is 2.65. The summed E-state index contributed by atoms with van der Waals surface area (Å²) in [4.78, 5) is 22.5. The molecule has 1 aromatic rings. The lowest BCUT2D eigenvalue weighted by atomic mass is 10.3. The summed E-state index contributed by atoms with van der Waals surface area (Å²) in [5.41, 5.74) is 3.29. The van der Waals surface area contributed by atoms with Crippen LogP contribution in [0.1, 0.15) is 6.92 Å². The van der Waals surface area contributed by atoms with E-state index >= 15 is 0 Å². The van der Waals surface area contributed by atoms with Crippen LogP contribution in [-0.4, -0.2) is 43.3 Å². The van der Waals surface area contributed by atoms with Crippen molar-refractivity contribution in [2.45, 2.75) is 6.92 Å². The molecule has 0 atom stereocenters. The first-order valence-corrected chi connectivity index (χ1v) is 6.32. The van der Waals surface area contributed by atoms with Gasteiger partial charge in [0.15, 0.2) is 0 Å². The number of carbonyl (C=O) groups excluding carboxylic acids is 2. The molecule has 0 aromatic heterocycles. The van der Waals surface area contributed by atoms with E-state index in [0.29, 0.717) is 37.7 Å². The maximum atomic E-state index is 11.7. The van der Waals surface area contributed by atoms with Crippen LogP contribution in [0.25, 0.3) is 0 Å². The number of hydrogen-bond acceptors (Lipinski definition) is 5. The van der Waals surface area contributed by atoms with Gasteiger partial charge in [-0.2, -0.15) is 0 Å². The molecule has 1 aliphatic heterocycles. The van der Waals surface area contributed by atoms with Gasteiger partial charge in [-0.25, -0.2) is 9.80 Å². The third-order valence-electron chi connectivity index (χ3n) is 2.65. The van der Waals surface area contributed by atoms with Crippen LogP contribution in [0.4, 0.5) is 10.5 Å². The summed E-state index contributed by atoms with van der Waals surface area (Å²) in [6.45, 7) is 3.88. The largest absolute Gasteiger partial charge is 0.427 e. The summed E-state index contributed by atoms with van der Waals surface area (Å²) in [6.07, 6.45) is -0.542. The van der Waals surface area contributed by atoms with Crippen molar-refractivity contribution in [1.82, 2.24) is 10.4 Å². The summed E-state index contributed by atoms with van der Waals surface area (Å²) in [5, 5.41) is 4.38. The predicted molar refractivity (Wildman–Crippen MR) is 72.3 cm³/mol. The molecule has 2 N–H and O–H groups in total. The van der Waals surface area contributed by atoms with Crippen molar-refractivity contribution in [3.05, 3.63) is 24.3 Å². The van der Waals surface area contributed by atoms with E-state index in [-0.39, 0.29) is 5.91 Å². The Kier molecular flexibility index (Phi) is 4.91. The number of carbonyl (C=O) groups is 2. The Bertz CT molecular complexity index is 469. The number of hydrazine groups is 1. The fraction of sp³-hybridized carbons (Fsp3) is 0.385. The fourth-order valence-corrected chi connectivity index (χ4v) is 1.74. The lowest BCUT2D eigenvalue weighted by Crippen LogP contribution is -2.49. The average molecular weight is 279 g/mol. The van der Waals surface area contributed by atoms with Crippen LogP contribution >= 0.6 is 0 Å². The Hall–Kier alpha value is -2.12. The van der Waals surface area contributed by atoms with Gasteiger partial charge in [0.25, 0.3) is 0 Å². The number of nitrogens with one attached hydrogen (secondary N) is 2. The Morgan fingerprint density at radius 2 is 1.85 bits per heavy atom. The van der Waals surface area contributed by atoms with Gasteiger partial charge in [-0.15, -0.1) is 0 Å². The molecule has 7 nitrogen and oxygen atoms in total. The van der Waals surface area contributed by atoms with E-state index < -0.39 is 6.09 Å². The molecule has 0 radical (unpaired) electrons. The van der Waals surface area contributed by atoms with Gasteiger partial charge in [0.05, 0.1) is 13.2 Å². The number of rotatable bonds is 3. The average Bonchev–Trinajstić information content (AvgIpc) is 2.41. The van der Waals surface area contributed by atoms with E-state index in [1.807, 2.05) is 0 Å². The van der Waals surface area contributed by atoms with Crippen LogP contribution in [0.15, 0.2) is 24.3 Å². The monoisotopic (exact) mass is 279 g/mol. The SMILES string of the molecule is CC(=O)Nc1ccc(OC(=O)NN2CCOCC2)cc1. The van der Waals surface area contributed by atoms with E-state index in [1.54, 1.807) is 29.3 Å². The number of benzene rings is 1. The number of hydrogen-bond donors (Lipinski definition) is 2. The van der Waals surface area contributed by atoms with E-state index in [0.717, 1.165) is 0 Å². The number of nitrogens with zero attached hydrogens (tertiary/aromatic N) is 1. The molecule has 1 aromatic carbocycles. The minimum absolute atomic E-state index is 0.149. The van der Waals surface area contributed by atoms with Crippen molar-refractivity contribution < 1.29 is 19.1 Å². The van der Waals surface area contributed by atoms with Crippen LogP contribution in [0.5, 0.6) is 5.75 Å². The minimum Gasteiger partial charge on any atom is -0.409 e. The van der Waals surface area contributed by atoms with Crippen LogP contribution < -0.4 is 15.5 Å². The predicted octanol–water partition coefficient (Wildman–Crippen LogP) is 0.981. The molecule has 20 heavy (non-hydrogen) atoms. The lowest BCUT2D eigenvalue weighted by molar-refractivity contribution is -0.114. The first-order chi connectivity index (χ1) is 9.63. The number of anilines is 1. The highest BCUT2D eigenvalue weighted by molar-refractivity contribution is 5.88. The van der Waals surface area contributed by atoms with Crippen molar-refractivity contribution in [1.29, 1.82) is 0 Å². The van der Waals surface area contributed by atoms with Crippen LogP contribution in [-0.2, 0) is 9.53 Å². The van der Waals surface area contributed by atoms with E-state index in [9.17, 15) is 9.59 Å². The molecule has 1 heterocycles. The van der Waals surface area contributed by atoms with Gasteiger partial charge in [0.2, 0.25) is 5.91 Å². The summed E-state index contributed by atoms with van der Waals surface area (Å²) >= 11 is 0. The maximum Gasteiger partial charge on any atom is 0.427 e. The van der Waals surface area contributed by atoms with E-state index in [2.05, 4.69) is 10.7 Å². The third kappa shape index (κ3) is 4.52. The number of morpholine rings is 1. The zero-order valence-electron chi connectivity index (χ0n) is 11.2. The maximum absolute atomic E-state index is 11.7. The Labute approximate surface area is 116 Å². The molecule has 0 spiro atoms. The van der Waals surface area contributed by atoms with Gasteiger partial charge in [0.1, 0.15) is 5.75 Å². The highest BCUT2D eigenvalue weighted by Gasteiger charge is 2.14. The second kappa shape index (κ2) is 6.88.